The van der Waals surface area contributed by atoms with E-state index in [4.69, 9.17) is 4.74 Å². The summed E-state index contributed by atoms with van der Waals surface area (Å²) in [5.41, 5.74) is 0.903. The molecule has 1 amide bonds. The van der Waals surface area contributed by atoms with Crippen LogP contribution in [0.2, 0.25) is 0 Å². The quantitative estimate of drug-likeness (QED) is 0.619. The molecule has 1 aromatic heterocycles. The second-order valence-corrected chi connectivity index (χ2v) is 7.27. The Morgan fingerprint density at radius 2 is 2.12 bits per heavy atom. The van der Waals surface area contributed by atoms with Gasteiger partial charge in [0.05, 0.1) is 12.4 Å². The van der Waals surface area contributed by atoms with E-state index in [0.717, 1.165) is 30.6 Å². The molecule has 0 aliphatic rings. The van der Waals surface area contributed by atoms with Crippen molar-refractivity contribution >= 4 is 17.7 Å². The molecule has 0 radical (unpaired) electrons. The summed E-state index contributed by atoms with van der Waals surface area (Å²) in [7, 11) is 1.63. The van der Waals surface area contributed by atoms with Crippen LogP contribution in [0.3, 0.4) is 0 Å². The van der Waals surface area contributed by atoms with Crippen LogP contribution in [-0.4, -0.2) is 39.6 Å². The zero-order valence-electron chi connectivity index (χ0n) is 15.4. The topological polar surface area (TPSA) is 89.0 Å². The fourth-order valence-electron chi connectivity index (χ4n) is 2.38. The molecule has 1 unspecified atom stereocenters. The molecule has 7 nitrogen and oxygen atoms in total. The van der Waals surface area contributed by atoms with Crippen molar-refractivity contribution in [2.75, 3.05) is 13.7 Å². The first-order valence-electron chi connectivity index (χ1n) is 8.77. The van der Waals surface area contributed by atoms with Gasteiger partial charge < -0.3 is 10.1 Å². The van der Waals surface area contributed by atoms with Gasteiger partial charge in [0.1, 0.15) is 5.75 Å². The third kappa shape index (κ3) is 5.66. The standard InChI is InChI=1S/C18H26N4O3S/c1-4-5-12-22-17(24)20-21-18(22)26-13(2)16(23)19-11-10-14-6-8-15(25-3)9-7-14/h6-9,13H,4-5,10-12H2,1-3H3,(H,19,23)(H,20,24). The molecule has 2 aromatic rings. The Labute approximate surface area is 157 Å². The Morgan fingerprint density at radius 3 is 2.77 bits per heavy atom. The van der Waals surface area contributed by atoms with Gasteiger partial charge in [0.15, 0.2) is 5.16 Å². The number of carbonyl (C=O) groups is 1. The number of carbonyl (C=O) groups excluding carboxylic acids is 1. The SMILES string of the molecule is CCCCn1c(SC(C)C(=O)NCCc2ccc(OC)cc2)n[nH]c1=O. The molecule has 2 rings (SSSR count). The van der Waals surface area contributed by atoms with Crippen molar-refractivity contribution in [3.8, 4) is 5.75 Å². The number of hydrogen-bond acceptors (Lipinski definition) is 5. The van der Waals surface area contributed by atoms with E-state index >= 15 is 0 Å². The van der Waals surface area contributed by atoms with Gasteiger partial charge in [-0.1, -0.05) is 37.2 Å². The lowest BCUT2D eigenvalue weighted by Gasteiger charge is -2.12. The van der Waals surface area contributed by atoms with Gasteiger partial charge in [-0.3, -0.25) is 9.36 Å². The number of thioether (sulfide) groups is 1. The molecule has 142 valence electrons. The highest BCUT2D eigenvalue weighted by Gasteiger charge is 2.18. The third-order valence-electron chi connectivity index (χ3n) is 3.98. The summed E-state index contributed by atoms with van der Waals surface area (Å²) in [6.45, 7) is 5.05. The maximum absolute atomic E-state index is 12.3. The minimum atomic E-state index is -0.332. The summed E-state index contributed by atoms with van der Waals surface area (Å²) < 4.78 is 6.72. The molecule has 0 saturated heterocycles. The molecule has 2 N–H and O–H groups in total. The van der Waals surface area contributed by atoms with Crippen LogP contribution in [0.15, 0.2) is 34.2 Å². The van der Waals surface area contributed by atoms with Gasteiger partial charge in [0.25, 0.3) is 0 Å². The number of nitrogens with zero attached hydrogens (tertiary/aromatic N) is 2. The highest BCUT2D eigenvalue weighted by molar-refractivity contribution is 8.00. The van der Waals surface area contributed by atoms with E-state index in [1.165, 1.54) is 11.8 Å². The Kier molecular flexibility index (Phi) is 7.77. The van der Waals surface area contributed by atoms with Crippen molar-refractivity contribution in [2.45, 2.75) is 50.1 Å². The number of nitrogens with one attached hydrogen (secondary N) is 2. The minimum Gasteiger partial charge on any atom is -0.497 e. The van der Waals surface area contributed by atoms with E-state index in [9.17, 15) is 9.59 Å². The third-order valence-corrected chi connectivity index (χ3v) is 5.07. The summed E-state index contributed by atoms with van der Waals surface area (Å²) in [6.07, 6.45) is 2.63. The first kappa shape index (κ1) is 20.1. The molecule has 1 atom stereocenters. The van der Waals surface area contributed by atoms with Crippen LogP contribution in [0.4, 0.5) is 0 Å². The largest absolute Gasteiger partial charge is 0.497 e. The van der Waals surface area contributed by atoms with Gasteiger partial charge in [0.2, 0.25) is 5.91 Å². The highest BCUT2D eigenvalue weighted by atomic mass is 32.2. The monoisotopic (exact) mass is 378 g/mol. The second-order valence-electron chi connectivity index (χ2n) is 5.97. The molecule has 0 aliphatic carbocycles. The maximum atomic E-state index is 12.3. The van der Waals surface area contributed by atoms with E-state index in [1.54, 1.807) is 11.7 Å². The highest BCUT2D eigenvalue weighted by Crippen LogP contribution is 2.20. The molecular formula is C18H26N4O3S. The van der Waals surface area contributed by atoms with Crippen LogP contribution in [0.25, 0.3) is 0 Å². The summed E-state index contributed by atoms with van der Waals surface area (Å²) in [4.78, 5) is 24.1. The molecule has 0 spiro atoms. The maximum Gasteiger partial charge on any atom is 0.343 e. The number of benzene rings is 1. The van der Waals surface area contributed by atoms with Crippen LogP contribution in [0.1, 0.15) is 32.3 Å². The van der Waals surface area contributed by atoms with Gasteiger partial charge in [-0.05, 0) is 37.5 Å². The summed E-state index contributed by atoms with van der Waals surface area (Å²) >= 11 is 1.29. The summed E-state index contributed by atoms with van der Waals surface area (Å²) in [5, 5.41) is 9.65. The van der Waals surface area contributed by atoms with E-state index in [-0.39, 0.29) is 16.8 Å². The number of aromatic nitrogens is 3. The predicted molar refractivity (Wildman–Crippen MR) is 103 cm³/mol. The van der Waals surface area contributed by atoms with Gasteiger partial charge in [-0.25, -0.2) is 9.89 Å². The fraction of sp³-hybridized carbons (Fsp3) is 0.500. The lowest BCUT2D eigenvalue weighted by molar-refractivity contribution is -0.120. The average Bonchev–Trinajstić information content (AvgIpc) is 2.99. The average molecular weight is 378 g/mol. The number of aromatic amines is 1. The molecule has 0 saturated carbocycles. The number of unbranched alkanes of at least 4 members (excludes halogenated alkanes) is 1. The lowest BCUT2D eigenvalue weighted by atomic mass is 10.1. The van der Waals surface area contributed by atoms with Crippen molar-refractivity contribution in [2.24, 2.45) is 0 Å². The second kappa shape index (κ2) is 10.1. The van der Waals surface area contributed by atoms with E-state index in [1.807, 2.05) is 31.2 Å². The van der Waals surface area contributed by atoms with Gasteiger partial charge in [0, 0.05) is 13.1 Å². The van der Waals surface area contributed by atoms with Crippen molar-refractivity contribution in [1.82, 2.24) is 20.1 Å². The van der Waals surface area contributed by atoms with Gasteiger partial charge in [-0.2, -0.15) is 0 Å². The van der Waals surface area contributed by atoms with Crippen LogP contribution < -0.4 is 15.7 Å². The Bertz CT molecular complexity index is 755. The van der Waals surface area contributed by atoms with Crippen LogP contribution in [0.5, 0.6) is 5.75 Å². The summed E-state index contributed by atoms with van der Waals surface area (Å²) in [5.74, 6) is 0.747. The lowest BCUT2D eigenvalue weighted by Crippen LogP contribution is -2.32. The zero-order chi connectivity index (χ0) is 18.9. The zero-order valence-corrected chi connectivity index (χ0v) is 16.3. The van der Waals surface area contributed by atoms with Gasteiger partial charge in [-0.15, -0.1) is 5.10 Å². The normalized spacial score (nSPS) is 12.0. The van der Waals surface area contributed by atoms with E-state index in [0.29, 0.717) is 18.2 Å². The molecular weight excluding hydrogens is 352 g/mol. The Hall–Kier alpha value is -2.22. The van der Waals surface area contributed by atoms with Crippen molar-refractivity contribution in [3.05, 3.63) is 40.3 Å². The van der Waals surface area contributed by atoms with Gasteiger partial charge >= 0.3 is 5.69 Å². The number of rotatable bonds is 10. The van der Waals surface area contributed by atoms with Crippen LogP contribution in [-0.2, 0) is 17.8 Å². The summed E-state index contributed by atoms with van der Waals surface area (Å²) in [6, 6.07) is 7.78. The number of methoxy groups -OCH3 is 1. The molecule has 0 fully saturated rings. The Morgan fingerprint density at radius 1 is 1.38 bits per heavy atom. The number of ether oxygens (including phenoxy) is 1. The molecule has 8 heteroatoms. The Balaban J connectivity index is 1.82. The van der Waals surface area contributed by atoms with Crippen molar-refractivity contribution < 1.29 is 9.53 Å². The first-order chi connectivity index (χ1) is 12.5. The molecule has 26 heavy (non-hydrogen) atoms. The van der Waals surface area contributed by atoms with E-state index in [2.05, 4.69) is 22.4 Å². The smallest absolute Gasteiger partial charge is 0.343 e. The predicted octanol–water partition coefficient (Wildman–Crippen LogP) is 2.22. The molecule has 0 bridgehead atoms. The molecule has 0 aliphatic heterocycles. The minimum absolute atomic E-state index is 0.0685. The number of amides is 1. The first-order valence-corrected chi connectivity index (χ1v) is 9.65. The molecule has 1 aromatic carbocycles. The van der Waals surface area contributed by atoms with Crippen molar-refractivity contribution in [1.29, 1.82) is 0 Å². The van der Waals surface area contributed by atoms with Crippen LogP contribution in [0, 0.1) is 0 Å². The van der Waals surface area contributed by atoms with E-state index < -0.39 is 0 Å². The molecule has 1 heterocycles. The van der Waals surface area contributed by atoms with Crippen molar-refractivity contribution in [3.63, 3.8) is 0 Å². The number of H-pyrrole nitrogens is 1. The number of hydrogen-bond donors (Lipinski definition) is 2. The fourth-order valence-corrected chi connectivity index (χ4v) is 3.29. The van der Waals surface area contributed by atoms with Crippen LogP contribution >= 0.6 is 11.8 Å².